The maximum absolute atomic E-state index is 12.4. The minimum atomic E-state index is -1.03. The van der Waals surface area contributed by atoms with E-state index in [2.05, 4.69) is 19.2 Å². The maximum atomic E-state index is 12.4. The molecule has 20 heavy (non-hydrogen) atoms. The fourth-order valence-corrected chi connectivity index (χ4v) is 2.99. The Morgan fingerprint density at radius 1 is 1.30 bits per heavy atom. The summed E-state index contributed by atoms with van der Waals surface area (Å²) in [4.78, 5) is 23.8. The second-order valence-corrected chi connectivity index (χ2v) is 6.12. The van der Waals surface area contributed by atoms with Crippen molar-refractivity contribution in [1.29, 1.82) is 0 Å². The van der Waals surface area contributed by atoms with Gasteiger partial charge in [0.05, 0.1) is 0 Å². The lowest BCUT2D eigenvalue weighted by Crippen LogP contribution is -2.40. The number of carboxylic acid groups (broad SMARTS) is 1. The Bertz CT molecular complexity index is 496. The molecule has 1 amide bonds. The van der Waals surface area contributed by atoms with E-state index in [9.17, 15) is 14.7 Å². The summed E-state index contributed by atoms with van der Waals surface area (Å²) < 4.78 is 0. The first-order valence-electron chi connectivity index (χ1n) is 7.00. The minimum absolute atomic E-state index is 0.0518. The highest BCUT2D eigenvalue weighted by atomic mass is 16.4. The zero-order chi connectivity index (χ0) is 14.8. The van der Waals surface area contributed by atoms with Crippen molar-refractivity contribution >= 4 is 11.9 Å². The first kappa shape index (κ1) is 14.6. The fraction of sp³-hybridized carbons (Fsp3) is 0.500. The van der Waals surface area contributed by atoms with Crippen molar-refractivity contribution in [3.63, 3.8) is 0 Å². The van der Waals surface area contributed by atoms with Crippen molar-refractivity contribution in [3.8, 4) is 0 Å². The van der Waals surface area contributed by atoms with Crippen LogP contribution in [-0.4, -0.2) is 17.0 Å². The molecule has 2 N–H and O–H groups in total. The largest absolute Gasteiger partial charge is 0.479 e. The predicted molar refractivity (Wildman–Crippen MR) is 76.1 cm³/mol. The molecule has 1 fully saturated rings. The van der Waals surface area contributed by atoms with E-state index in [4.69, 9.17) is 0 Å². The average Bonchev–Trinajstić information content (AvgIpc) is 2.76. The molecule has 0 bridgehead atoms. The summed E-state index contributed by atoms with van der Waals surface area (Å²) in [5.74, 6) is -1.28. The van der Waals surface area contributed by atoms with Gasteiger partial charge in [0.15, 0.2) is 6.04 Å². The van der Waals surface area contributed by atoms with E-state index in [0.29, 0.717) is 5.56 Å². The Hall–Kier alpha value is -1.84. The molecule has 108 valence electrons. The number of aliphatic carboxylic acids is 1. The topological polar surface area (TPSA) is 66.4 Å². The van der Waals surface area contributed by atoms with Crippen LogP contribution in [0.5, 0.6) is 0 Å². The van der Waals surface area contributed by atoms with Gasteiger partial charge >= 0.3 is 5.97 Å². The van der Waals surface area contributed by atoms with E-state index >= 15 is 0 Å². The number of hydrogen-bond donors (Lipinski definition) is 2. The standard InChI is InChI=1S/C16H21NO3/c1-16(2)10-6-9-12(16)14(18)17-13(15(19)20)11-7-4-3-5-8-11/h3-5,7-8,12-13H,6,9-10H2,1-2H3,(H,17,18)(H,19,20)/t12?,13-/m0/s1. The van der Waals surface area contributed by atoms with E-state index in [1.807, 2.05) is 6.07 Å². The Morgan fingerprint density at radius 2 is 1.95 bits per heavy atom. The molecule has 0 heterocycles. The van der Waals surface area contributed by atoms with Crippen LogP contribution in [0.1, 0.15) is 44.7 Å². The Labute approximate surface area is 119 Å². The van der Waals surface area contributed by atoms with E-state index in [1.54, 1.807) is 24.3 Å². The summed E-state index contributed by atoms with van der Waals surface area (Å²) >= 11 is 0. The molecule has 1 aliphatic rings. The molecule has 1 aliphatic carbocycles. The summed E-state index contributed by atoms with van der Waals surface area (Å²) in [6.45, 7) is 4.14. The van der Waals surface area contributed by atoms with Gasteiger partial charge in [0, 0.05) is 5.92 Å². The SMILES string of the molecule is CC1(C)CCCC1C(=O)N[C@H](C(=O)O)c1ccccc1. The summed E-state index contributed by atoms with van der Waals surface area (Å²) in [7, 11) is 0. The highest BCUT2D eigenvalue weighted by molar-refractivity contribution is 5.86. The molecule has 1 unspecified atom stereocenters. The summed E-state index contributed by atoms with van der Waals surface area (Å²) in [6.07, 6.45) is 2.86. The monoisotopic (exact) mass is 275 g/mol. The smallest absolute Gasteiger partial charge is 0.330 e. The van der Waals surface area contributed by atoms with Crippen LogP contribution in [0.25, 0.3) is 0 Å². The first-order valence-corrected chi connectivity index (χ1v) is 7.00. The lowest BCUT2D eigenvalue weighted by atomic mass is 9.81. The average molecular weight is 275 g/mol. The van der Waals surface area contributed by atoms with Crippen LogP contribution in [0.15, 0.2) is 30.3 Å². The van der Waals surface area contributed by atoms with Crippen molar-refractivity contribution in [1.82, 2.24) is 5.32 Å². The normalized spacial score (nSPS) is 22.2. The van der Waals surface area contributed by atoms with Crippen molar-refractivity contribution < 1.29 is 14.7 Å². The van der Waals surface area contributed by atoms with Gasteiger partial charge in [-0.3, -0.25) is 4.79 Å². The molecule has 4 heteroatoms. The van der Waals surface area contributed by atoms with Crippen molar-refractivity contribution in [2.24, 2.45) is 11.3 Å². The number of nitrogens with one attached hydrogen (secondary N) is 1. The zero-order valence-electron chi connectivity index (χ0n) is 11.9. The summed E-state index contributed by atoms with van der Waals surface area (Å²) in [5, 5.41) is 12.0. The third kappa shape index (κ3) is 3.00. The molecule has 0 aromatic heterocycles. The molecule has 1 aromatic rings. The number of amides is 1. The van der Waals surface area contributed by atoms with Gasteiger partial charge in [0.25, 0.3) is 0 Å². The van der Waals surface area contributed by atoms with Gasteiger partial charge in [-0.05, 0) is 23.8 Å². The van der Waals surface area contributed by atoms with E-state index in [1.165, 1.54) is 0 Å². The molecular formula is C16H21NO3. The number of carboxylic acids is 1. The number of benzene rings is 1. The van der Waals surface area contributed by atoms with Crippen LogP contribution in [0.3, 0.4) is 0 Å². The van der Waals surface area contributed by atoms with Gasteiger partial charge in [-0.1, -0.05) is 50.6 Å². The van der Waals surface area contributed by atoms with Gasteiger partial charge in [0.2, 0.25) is 5.91 Å². The van der Waals surface area contributed by atoms with Gasteiger partial charge in [-0.2, -0.15) is 0 Å². The molecule has 2 rings (SSSR count). The molecule has 4 nitrogen and oxygen atoms in total. The lowest BCUT2D eigenvalue weighted by Gasteiger charge is -2.27. The summed E-state index contributed by atoms with van der Waals surface area (Å²) in [5.41, 5.74) is 0.549. The highest BCUT2D eigenvalue weighted by Gasteiger charge is 2.40. The van der Waals surface area contributed by atoms with E-state index < -0.39 is 12.0 Å². The molecule has 0 spiro atoms. The van der Waals surface area contributed by atoms with Crippen molar-refractivity contribution in [2.45, 2.75) is 39.2 Å². The molecule has 1 saturated carbocycles. The van der Waals surface area contributed by atoms with Crippen LogP contribution in [0.4, 0.5) is 0 Å². The first-order chi connectivity index (χ1) is 9.42. The third-order valence-electron chi connectivity index (χ3n) is 4.24. The Morgan fingerprint density at radius 3 is 2.45 bits per heavy atom. The minimum Gasteiger partial charge on any atom is -0.479 e. The van der Waals surface area contributed by atoms with Crippen LogP contribution in [-0.2, 0) is 9.59 Å². The molecular weight excluding hydrogens is 254 g/mol. The van der Waals surface area contributed by atoms with Gasteiger partial charge in [-0.15, -0.1) is 0 Å². The lowest BCUT2D eigenvalue weighted by molar-refractivity contribution is -0.143. The van der Waals surface area contributed by atoms with Gasteiger partial charge in [0.1, 0.15) is 0 Å². The number of carbonyl (C=O) groups is 2. The number of carbonyl (C=O) groups excluding carboxylic acids is 1. The van der Waals surface area contributed by atoms with Crippen LogP contribution in [0, 0.1) is 11.3 Å². The second kappa shape index (κ2) is 5.65. The summed E-state index contributed by atoms with van der Waals surface area (Å²) in [6, 6.07) is 7.84. The molecule has 1 aromatic carbocycles. The predicted octanol–water partition coefficient (Wildman–Crippen LogP) is 2.75. The molecule has 2 atom stereocenters. The molecule has 0 radical (unpaired) electrons. The molecule has 0 saturated heterocycles. The van der Waals surface area contributed by atoms with Crippen molar-refractivity contribution in [3.05, 3.63) is 35.9 Å². The van der Waals surface area contributed by atoms with E-state index in [-0.39, 0.29) is 17.2 Å². The van der Waals surface area contributed by atoms with Crippen LogP contribution >= 0.6 is 0 Å². The van der Waals surface area contributed by atoms with E-state index in [0.717, 1.165) is 19.3 Å². The Kier molecular flexibility index (Phi) is 4.12. The third-order valence-corrected chi connectivity index (χ3v) is 4.24. The maximum Gasteiger partial charge on any atom is 0.330 e. The van der Waals surface area contributed by atoms with Gasteiger partial charge < -0.3 is 10.4 Å². The number of rotatable bonds is 4. The fourth-order valence-electron chi connectivity index (χ4n) is 2.99. The Balaban J connectivity index is 2.13. The molecule has 0 aliphatic heterocycles. The zero-order valence-corrected chi connectivity index (χ0v) is 11.9. The number of hydrogen-bond acceptors (Lipinski definition) is 2. The second-order valence-electron chi connectivity index (χ2n) is 6.12. The van der Waals surface area contributed by atoms with Crippen LogP contribution < -0.4 is 5.32 Å². The quantitative estimate of drug-likeness (QED) is 0.888. The highest BCUT2D eigenvalue weighted by Crippen LogP contribution is 2.42. The van der Waals surface area contributed by atoms with Gasteiger partial charge in [-0.25, -0.2) is 4.79 Å². The van der Waals surface area contributed by atoms with Crippen LogP contribution in [0.2, 0.25) is 0 Å². The van der Waals surface area contributed by atoms with Crippen molar-refractivity contribution in [2.75, 3.05) is 0 Å².